The average Bonchev–Trinajstić information content (AvgIpc) is 3.18. The molecule has 2 aromatic rings. The summed E-state index contributed by atoms with van der Waals surface area (Å²) in [6.07, 6.45) is 7.86. The lowest BCUT2D eigenvalue weighted by molar-refractivity contribution is 0.0947. The number of nitrogens with zero attached hydrogens (tertiary/aromatic N) is 4. The number of hydrogen-bond donors (Lipinski definition) is 1. The number of methoxy groups -OCH3 is 1. The Labute approximate surface area is 154 Å². The van der Waals surface area contributed by atoms with E-state index in [2.05, 4.69) is 26.3 Å². The van der Waals surface area contributed by atoms with Crippen molar-refractivity contribution in [2.75, 3.05) is 25.5 Å². The monoisotopic (exact) mass is 351 g/mol. The molecule has 6 heteroatoms. The number of anilines is 1. The molecule has 1 saturated carbocycles. The van der Waals surface area contributed by atoms with Gasteiger partial charge in [-0.25, -0.2) is 9.97 Å². The quantitative estimate of drug-likeness (QED) is 0.913. The molecule has 0 bridgehead atoms. The van der Waals surface area contributed by atoms with Crippen LogP contribution >= 0.6 is 0 Å². The lowest BCUT2D eigenvalue weighted by Gasteiger charge is -2.35. The Kier molecular flexibility index (Phi) is 5.00. The number of nitriles is 1. The van der Waals surface area contributed by atoms with Crippen LogP contribution in [0.4, 0.5) is 5.82 Å². The first kappa shape index (κ1) is 17.2. The van der Waals surface area contributed by atoms with Gasteiger partial charge in [0.1, 0.15) is 12.1 Å². The Balaban J connectivity index is 1.40. The molecule has 1 aromatic carbocycles. The number of rotatable bonds is 4. The fourth-order valence-corrected chi connectivity index (χ4v) is 4.30. The summed E-state index contributed by atoms with van der Waals surface area (Å²) < 4.78 is 5.50. The van der Waals surface area contributed by atoms with E-state index in [4.69, 9.17) is 10.00 Å². The van der Waals surface area contributed by atoms with Gasteiger partial charge in [0.25, 0.3) is 0 Å². The van der Waals surface area contributed by atoms with Crippen molar-refractivity contribution in [3.05, 3.63) is 30.1 Å². The fraction of sp³-hybridized carbons (Fsp3) is 0.550. The van der Waals surface area contributed by atoms with Gasteiger partial charge < -0.3 is 10.1 Å². The van der Waals surface area contributed by atoms with Crippen LogP contribution in [0.5, 0.6) is 0 Å². The van der Waals surface area contributed by atoms with Gasteiger partial charge >= 0.3 is 0 Å². The molecule has 1 saturated heterocycles. The van der Waals surface area contributed by atoms with Crippen molar-refractivity contribution >= 4 is 16.7 Å². The molecule has 2 aliphatic rings. The van der Waals surface area contributed by atoms with Crippen LogP contribution in [0.15, 0.2) is 24.5 Å². The summed E-state index contributed by atoms with van der Waals surface area (Å²) in [7, 11) is 1.82. The van der Waals surface area contributed by atoms with Crippen molar-refractivity contribution < 1.29 is 4.74 Å². The Morgan fingerprint density at radius 1 is 1.19 bits per heavy atom. The SMILES string of the molecule is CO[C@@H]1CCN([C@H]2CC[C@H](Nc3ncnc4ccc(C#N)cc34)CC2)C1. The molecule has 1 atom stereocenters. The highest BCUT2D eigenvalue weighted by molar-refractivity contribution is 5.89. The summed E-state index contributed by atoms with van der Waals surface area (Å²) in [6.45, 7) is 2.24. The molecule has 136 valence electrons. The standard InChI is InChI=1S/C20H25N5O/c1-26-17-8-9-25(12-17)16-5-3-15(4-6-16)24-20-18-10-14(11-21)2-7-19(18)22-13-23-20/h2,7,10,13,15-17H,3-6,8-9,12H2,1H3,(H,22,23,24)/t15-,16-,17-/m1/s1. The smallest absolute Gasteiger partial charge is 0.137 e. The molecule has 1 aromatic heterocycles. The van der Waals surface area contributed by atoms with E-state index < -0.39 is 0 Å². The zero-order valence-electron chi connectivity index (χ0n) is 15.2. The predicted octanol–water partition coefficient (Wildman–Crippen LogP) is 2.95. The van der Waals surface area contributed by atoms with Crippen molar-refractivity contribution in [3.8, 4) is 6.07 Å². The second kappa shape index (κ2) is 7.56. The molecule has 2 heterocycles. The summed E-state index contributed by atoms with van der Waals surface area (Å²) in [5.41, 5.74) is 1.51. The van der Waals surface area contributed by atoms with E-state index in [1.165, 1.54) is 12.8 Å². The van der Waals surface area contributed by atoms with Crippen LogP contribution in [-0.2, 0) is 4.74 Å². The molecule has 4 rings (SSSR count). The highest BCUT2D eigenvalue weighted by atomic mass is 16.5. The molecule has 1 aliphatic heterocycles. The van der Waals surface area contributed by atoms with Crippen molar-refractivity contribution in [2.45, 2.75) is 50.3 Å². The van der Waals surface area contributed by atoms with E-state index in [9.17, 15) is 0 Å². The van der Waals surface area contributed by atoms with Crippen molar-refractivity contribution in [2.24, 2.45) is 0 Å². The zero-order valence-corrected chi connectivity index (χ0v) is 15.2. The molecule has 26 heavy (non-hydrogen) atoms. The highest BCUT2D eigenvalue weighted by Crippen LogP contribution is 2.29. The van der Waals surface area contributed by atoms with Crippen molar-refractivity contribution in [3.63, 3.8) is 0 Å². The summed E-state index contributed by atoms with van der Waals surface area (Å²) in [5.74, 6) is 0.844. The van der Waals surface area contributed by atoms with E-state index in [1.54, 1.807) is 12.4 Å². The van der Waals surface area contributed by atoms with Crippen molar-refractivity contribution in [1.82, 2.24) is 14.9 Å². The van der Waals surface area contributed by atoms with Gasteiger partial charge in [0, 0.05) is 37.7 Å². The summed E-state index contributed by atoms with van der Waals surface area (Å²) in [5, 5.41) is 13.7. The maximum absolute atomic E-state index is 9.15. The average molecular weight is 351 g/mol. The van der Waals surface area contributed by atoms with Crippen LogP contribution in [-0.4, -0.2) is 53.3 Å². The Hall–Kier alpha value is -2.23. The van der Waals surface area contributed by atoms with Gasteiger partial charge in [0.15, 0.2) is 0 Å². The number of ether oxygens (including phenoxy) is 1. The van der Waals surface area contributed by atoms with Crippen LogP contribution in [0.3, 0.4) is 0 Å². The van der Waals surface area contributed by atoms with E-state index in [0.717, 1.165) is 49.1 Å². The first-order valence-corrected chi connectivity index (χ1v) is 9.45. The molecule has 0 amide bonds. The minimum absolute atomic E-state index is 0.410. The van der Waals surface area contributed by atoms with Crippen LogP contribution in [0.1, 0.15) is 37.7 Å². The Morgan fingerprint density at radius 3 is 2.77 bits per heavy atom. The van der Waals surface area contributed by atoms with Gasteiger partial charge in [0.2, 0.25) is 0 Å². The first-order valence-electron chi connectivity index (χ1n) is 9.45. The Bertz CT molecular complexity index is 809. The summed E-state index contributed by atoms with van der Waals surface area (Å²) in [4.78, 5) is 11.3. The van der Waals surface area contributed by atoms with E-state index in [1.807, 2.05) is 19.2 Å². The molecule has 1 N–H and O–H groups in total. The first-order chi connectivity index (χ1) is 12.8. The maximum Gasteiger partial charge on any atom is 0.137 e. The van der Waals surface area contributed by atoms with Gasteiger partial charge in [-0.1, -0.05) is 0 Å². The maximum atomic E-state index is 9.15. The van der Waals surface area contributed by atoms with Crippen LogP contribution in [0.2, 0.25) is 0 Å². The third kappa shape index (κ3) is 3.50. The number of fused-ring (bicyclic) bond motifs is 1. The molecular formula is C20H25N5O. The minimum Gasteiger partial charge on any atom is -0.380 e. The largest absolute Gasteiger partial charge is 0.380 e. The third-order valence-electron chi connectivity index (χ3n) is 5.83. The van der Waals surface area contributed by atoms with Crippen molar-refractivity contribution in [1.29, 1.82) is 5.26 Å². The van der Waals surface area contributed by atoms with E-state index >= 15 is 0 Å². The normalized spacial score (nSPS) is 26.7. The zero-order chi connectivity index (χ0) is 17.9. The molecule has 1 aliphatic carbocycles. The topological polar surface area (TPSA) is 74.1 Å². The molecule has 6 nitrogen and oxygen atoms in total. The van der Waals surface area contributed by atoms with E-state index in [0.29, 0.717) is 23.8 Å². The highest BCUT2D eigenvalue weighted by Gasteiger charge is 2.31. The third-order valence-corrected chi connectivity index (χ3v) is 5.83. The lowest BCUT2D eigenvalue weighted by Crippen LogP contribution is -2.39. The van der Waals surface area contributed by atoms with Gasteiger partial charge in [-0.2, -0.15) is 5.26 Å². The minimum atomic E-state index is 0.410. The van der Waals surface area contributed by atoms with Crippen LogP contribution in [0.25, 0.3) is 10.9 Å². The lowest BCUT2D eigenvalue weighted by atomic mass is 9.90. The van der Waals surface area contributed by atoms with Gasteiger partial charge in [0.05, 0.1) is 23.3 Å². The van der Waals surface area contributed by atoms with Gasteiger partial charge in [-0.3, -0.25) is 4.90 Å². The summed E-state index contributed by atoms with van der Waals surface area (Å²) in [6, 6.07) is 8.86. The predicted molar refractivity (Wildman–Crippen MR) is 101 cm³/mol. The molecule has 0 unspecified atom stereocenters. The van der Waals surface area contributed by atoms with E-state index in [-0.39, 0.29) is 0 Å². The van der Waals surface area contributed by atoms with Crippen LogP contribution in [0, 0.1) is 11.3 Å². The number of hydrogen-bond acceptors (Lipinski definition) is 6. The van der Waals surface area contributed by atoms with Gasteiger partial charge in [-0.05, 0) is 50.3 Å². The second-order valence-corrected chi connectivity index (χ2v) is 7.36. The molecule has 2 fully saturated rings. The van der Waals surface area contributed by atoms with Crippen LogP contribution < -0.4 is 5.32 Å². The molecular weight excluding hydrogens is 326 g/mol. The number of aromatic nitrogens is 2. The molecule has 0 radical (unpaired) electrons. The van der Waals surface area contributed by atoms with Gasteiger partial charge in [-0.15, -0.1) is 0 Å². The Morgan fingerprint density at radius 2 is 2.04 bits per heavy atom. The summed E-state index contributed by atoms with van der Waals surface area (Å²) >= 11 is 0. The number of nitrogens with one attached hydrogen (secondary N) is 1. The second-order valence-electron chi connectivity index (χ2n) is 7.36. The number of benzene rings is 1. The number of likely N-dealkylation sites (tertiary alicyclic amines) is 1. The fourth-order valence-electron chi connectivity index (χ4n) is 4.30. The molecule has 0 spiro atoms.